The number of carbonyl (C=O) groups excluding carboxylic acids is 3. The van der Waals surface area contributed by atoms with Crippen LogP contribution in [0, 0.1) is 0 Å². The Morgan fingerprint density at radius 2 is 1.77 bits per heavy atom. The molecular weight excluding hydrogens is 386 g/mol. The summed E-state index contributed by atoms with van der Waals surface area (Å²) in [5.41, 5.74) is 2.23. The first-order valence-corrected chi connectivity index (χ1v) is 9.51. The molecule has 3 amide bonds. The number of rotatable bonds is 7. The van der Waals surface area contributed by atoms with Crippen LogP contribution in [0.2, 0.25) is 0 Å². The molecule has 8 heteroatoms. The highest BCUT2D eigenvalue weighted by atomic mass is 16.6. The van der Waals surface area contributed by atoms with Gasteiger partial charge in [0.15, 0.2) is 6.61 Å². The number of amides is 3. The number of allylic oxidation sites excluding steroid dienone is 1. The number of esters is 1. The van der Waals surface area contributed by atoms with Gasteiger partial charge in [-0.15, -0.1) is 0 Å². The maximum atomic E-state index is 12.9. The number of urea groups is 1. The fraction of sp³-hybridized carbons (Fsp3) is 0.227. The van der Waals surface area contributed by atoms with Crippen LogP contribution in [0.1, 0.15) is 25.5 Å². The zero-order valence-corrected chi connectivity index (χ0v) is 16.7. The Morgan fingerprint density at radius 1 is 1.07 bits per heavy atom. The van der Waals surface area contributed by atoms with E-state index in [9.17, 15) is 14.4 Å². The van der Waals surface area contributed by atoms with E-state index in [1.807, 2.05) is 18.2 Å². The number of carbonyl (C=O) groups is 3. The predicted molar refractivity (Wildman–Crippen MR) is 111 cm³/mol. The minimum atomic E-state index is -0.637. The molecule has 0 radical (unpaired) electrons. The topological polar surface area (TPSA) is 106 Å². The summed E-state index contributed by atoms with van der Waals surface area (Å²) in [4.78, 5) is 36.4. The van der Waals surface area contributed by atoms with Crippen molar-refractivity contribution in [1.29, 1.82) is 0 Å². The van der Waals surface area contributed by atoms with Gasteiger partial charge in [-0.2, -0.15) is 0 Å². The molecule has 30 heavy (non-hydrogen) atoms. The van der Waals surface area contributed by atoms with Crippen molar-refractivity contribution >= 4 is 23.6 Å². The van der Waals surface area contributed by atoms with E-state index in [2.05, 4.69) is 16.0 Å². The number of nitrogens with one attached hydrogen (secondary N) is 3. The third-order valence-corrected chi connectivity index (χ3v) is 4.42. The summed E-state index contributed by atoms with van der Waals surface area (Å²) in [7, 11) is 0. The zero-order valence-electron chi connectivity index (χ0n) is 16.7. The highest BCUT2D eigenvalue weighted by Gasteiger charge is 2.31. The summed E-state index contributed by atoms with van der Waals surface area (Å²) in [5.74, 6) is -0.299. The largest absolute Gasteiger partial charge is 0.482 e. The lowest BCUT2D eigenvalue weighted by molar-refractivity contribution is -0.145. The van der Waals surface area contributed by atoms with Gasteiger partial charge in [0.2, 0.25) is 0 Å². The van der Waals surface area contributed by atoms with Crippen LogP contribution < -0.4 is 20.7 Å². The van der Waals surface area contributed by atoms with E-state index in [4.69, 9.17) is 9.47 Å². The highest BCUT2D eigenvalue weighted by molar-refractivity contribution is 6.06. The molecule has 0 fully saturated rings. The van der Waals surface area contributed by atoms with Crippen LogP contribution >= 0.6 is 0 Å². The summed E-state index contributed by atoms with van der Waals surface area (Å²) >= 11 is 0. The Hall–Kier alpha value is -3.81. The Labute approximate surface area is 174 Å². The van der Waals surface area contributed by atoms with Crippen molar-refractivity contribution in [3.63, 3.8) is 0 Å². The van der Waals surface area contributed by atoms with Gasteiger partial charge in [-0.25, -0.2) is 9.59 Å². The standard InChI is InChI=1S/C22H23N3O5/c1-3-29-18(26)13-30-17-11-9-15(10-12-17)20-19(14(2)23-22(28)25-20)21(27)24-16-7-5-4-6-8-16/h4-12,20H,3,13H2,1-2H3,(H,24,27)(H2,23,25,28)/t20-/m0/s1. The van der Waals surface area contributed by atoms with Gasteiger partial charge in [-0.3, -0.25) is 4.79 Å². The van der Waals surface area contributed by atoms with Crippen LogP contribution in [-0.2, 0) is 14.3 Å². The van der Waals surface area contributed by atoms with Gasteiger partial charge in [0.25, 0.3) is 5.91 Å². The number of para-hydroxylation sites is 1. The molecule has 1 aliphatic rings. The van der Waals surface area contributed by atoms with Gasteiger partial charge < -0.3 is 25.4 Å². The smallest absolute Gasteiger partial charge is 0.344 e. The SMILES string of the molecule is CCOC(=O)COc1ccc([C@@H]2NC(=O)NC(C)=C2C(=O)Nc2ccccc2)cc1. The molecule has 0 aliphatic carbocycles. The first kappa shape index (κ1) is 20.9. The van der Waals surface area contributed by atoms with Crippen LogP contribution in [-0.4, -0.2) is 31.1 Å². The van der Waals surface area contributed by atoms with Crippen LogP contribution in [0.4, 0.5) is 10.5 Å². The van der Waals surface area contributed by atoms with E-state index in [1.165, 1.54) is 0 Å². The van der Waals surface area contributed by atoms with Gasteiger partial charge in [0, 0.05) is 11.4 Å². The highest BCUT2D eigenvalue weighted by Crippen LogP contribution is 2.29. The van der Waals surface area contributed by atoms with Crippen molar-refractivity contribution in [2.75, 3.05) is 18.5 Å². The van der Waals surface area contributed by atoms with Gasteiger partial charge >= 0.3 is 12.0 Å². The second kappa shape index (κ2) is 9.60. The quantitative estimate of drug-likeness (QED) is 0.610. The molecule has 0 aromatic heterocycles. The zero-order chi connectivity index (χ0) is 21.5. The normalized spacial score (nSPS) is 15.7. The first-order chi connectivity index (χ1) is 14.5. The first-order valence-electron chi connectivity index (χ1n) is 9.51. The second-order valence-electron chi connectivity index (χ2n) is 6.55. The number of hydrogen-bond donors (Lipinski definition) is 3. The van der Waals surface area contributed by atoms with Crippen molar-refractivity contribution in [1.82, 2.24) is 10.6 Å². The summed E-state index contributed by atoms with van der Waals surface area (Å²) in [6, 6.07) is 14.9. The lowest BCUT2D eigenvalue weighted by Crippen LogP contribution is -2.45. The van der Waals surface area contributed by atoms with Crippen molar-refractivity contribution in [2.24, 2.45) is 0 Å². The molecule has 2 aromatic carbocycles. The predicted octanol–water partition coefficient (Wildman–Crippen LogP) is 2.90. The van der Waals surface area contributed by atoms with Gasteiger partial charge in [-0.1, -0.05) is 30.3 Å². The van der Waals surface area contributed by atoms with E-state index in [1.54, 1.807) is 50.2 Å². The minimum Gasteiger partial charge on any atom is -0.482 e. The maximum Gasteiger partial charge on any atom is 0.344 e. The Bertz CT molecular complexity index is 954. The molecule has 2 aromatic rings. The fourth-order valence-electron chi connectivity index (χ4n) is 3.07. The van der Waals surface area contributed by atoms with Crippen molar-refractivity contribution < 1.29 is 23.9 Å². The third kappa shape index (κ3) is 5.16. The van der Waals surface area contributed by atoms with Gasteiger partial charge in [0.05, 0.1) is 18.2 Å². The molecule has 0 bridgehead atoms. The molecule has 1 aliphatic heterocycles. The number of anilines is 1. The summed E-state index contributed by atoms with van der Waals surface area (Å²) in [6.45, 7) is 3.50. The molecule has 8 nitrogen and oxygen atoms in total. The summed E-state index contributed by atoms with van der Waals surface area (Å²) < 4.78 is 10.2. The van der Waals surface area contributed by atoms with Gasteiger partial charge in [-0.05, 0) is 43.7 Å². The minimum absolute atomic E-state index is 0.193. The Kier molecular flexibility index (Phi) is 6.69. The maximum absolute atomic E-state index is 12.9. The molecule has 0 unspecified atom stereocenters. The van der Waals surface area contributed by atoms with Crippen LogP contribution in [0.15, 0.2) is 65.9 Å². The number of benzene rings is 2. The molecule has 3 rings (SSSR count). The van der Waals surface area contributed by atoms with E-state index in [0.29, 0.717) is 28.3 Å². The van der Waals surface area contributed by atoms with E-state index in [0.717, 1.165) is 0 Å². The van der Waals surface area contributed by atoms with Crippen molar-refractivity contribution in [3.05, 3.63) is 71.4 Å². The number of ether oxygens (including phenoxy) is 2. The van der Waals surface area contributed by atoms with Crippen LogP contribution in [0.25, 0.3) is 0 Å². The molecule has 1 heterocycles. The fourth-order valence-corrected chi connectivity index (χ4v) is 3.07. The summed E-state index contributed by atoms with van der Waals surface area (Å²) in [6.07, 6.45) is 0. The lowest BCUT2D eigenvalue weighted by atomic mass is 9.94. The third-order valence-electron chi connectivity index (χ3n) is 4.42. The molecule has 1 atom stereocenters. The average Bonchev–Trinajstić information content (AvgIpc) is 2.73. The molecule has 0 spiro atoms. The van der Waals surface area contributed by atoms with Crippen LogP contribution in [0.5, 0.6) is 5.75 Å². The van der Waals surface area contributed by atoms with E-state index in [-0.39, 0.29) is 19.1 Å². The van der Waals surface area contributed by atoms with Gasteiger partial charge in [0.1, 0.15) is 5.75 Å². The van der Waals surface area contributed by atoms with Crippen LogP contribution in [0.3, 0.4) is 0 Å². The molecule has 156 valence electrons. The Morgan fingerprint density at radius 3 is 2.43 bits per heavy atom. The molecule has 0 saturated carbocycles. The molecule has 0 saturated heterocycles. The number of hydrogen-bond acceptors (Lipinski definition) is 5. The van der Waals surface area contributed by atoms with E-state index >= 15 is 0 Å². The van der Waals surface area contributed by atoms with Crippen molar-refractivity contribution in [3.8, 4) is 5.75 Å². The second-order valence-corrected chi connectivity index (χ2v) is 6.55. The van der Waals surface area contributed by atoms with E-state index < -0.39 is 18.0 Å². The lowest BCUT2D eigenvalue weighted by Gasteiger charge is -2.28. The molecule has 3 N–H and O–H groups in total. The monoisotopic (exact) mass is 409 g/mol. The Balaban J connectivity index is 1.78. The molecular formula is C22H23N3O5. The average molecular weight is 409 g/mol. The van der Waals surface area contributed by atoms with Crippen molar-refractivity contribution in [2.45, 2.75) is 19.9 Å². The summed E-state index contributed by atoms with van der Waals surface area (Å²) in [5, 5.41) is 8.28.